The minimum Gasteiger partial charge on any atom is -0.481 e. The molecule has 0 radical (unpaired) electrons. The van der Waals surface area contributed by atoms with E-state index in [0.29, 0.717) is 17.5 Å². The molecule has 1 unspecified atom stereocenters. The molecule has 1 saturated carbocycles. The zero-order valence-electron chi connectivity index (χ0n) is 11.6. The second kappa shape index (κ2) is 5.78. The Bertz CT molecular complexity index is 513. The largest absolute Gasteiger partial charge is 0.481 e. The topological polar surface area (TPSA) is 91.3 Å². The van der Waals surface area contributed by atoms with Crippen LogP contribution in [0, 0.1) is 5.41 Å². The zero-order chi connectivity index (χ0) is 14.8. The number of carboxylic acid groups (broad SMARTS) is 1. The second-order valence-electron chi connectivity index (χ2n) is 5.38. The van der Waals surface area contributed by atoms with E-state index in [9.17, 15) is 9.59 Å². The van der Waals surface area contributed by atoms with Crippen LogP contribution >= 0.6 is 11.3 Å². The van der Waals surface area contributed by atoms with Crippen LogP contribution in [0.5, 0.6) is 0 Å². The molecule has 6 nitrogen and oxygen atoms in total. The number of carbonyl (C=O) groups is 2. The van der Waals surface area contributed by atoms with Gasteiger partial charge in [-0.25, -0.2) is 9.78 Å². The fraction of sp³-hybridized carbons (Fsp3) is 0.615. The minimum atomic E-state index is -0.945. The molecule has 1 aliphatic carbocycles. The predicted octanol–water partition coefficient (Wildman–Crippen LogP) is 2.64. The van der Waals surface area contributed by atoms with E-state index >= 15 is 0 Å². The molecule has 0 bridgehead atoms. The van der Waals surface area contributed by atoms with Crippen LogP contribution in [0.1, 0.15) is 44.7 Å². The molecule has 7 heteroatoms. The smallest absolute Gasteiger partial charge is 0.321 e. The SMILES string of the molecule is CCC(C)(CNC(=O)Nc1nc(C2CC2)cs1)C(=O)O. The number of carbonyl (C=O) groups excluding carboxylic acids is 1. The van der Waals surface area contributed by atoms with Gasteiger partial charge in [0.1, 0.15) is 0 Å². The van der Waals surface area contributed by atoms with E-state index in [-0.39, 0.29) is 6.54 Å². The van der Waals surface area contributed by atoms with Crippen molar-refractivity contribution in [2.24, 2.45) is 5.41 Å². The third kappa shape index (κ3) is 3.47. The van der Waals surface area contributed by atoms with Gasteiger partial charge in [0.05, 0.1) is 11.1 Å². The van der Waals surface area contributed by atoms with Crippen LogP contribution in [0.4, 0.5) is 9.93 Å². The van der Waals surface area contributed by atoms with Crippen molar-refractivity contribution in [3.63, 3.8) is 0 Å². The molecule has 2 rings (SSSR count). The average Bonchev–Trinajstić information content (AvgIpc) is 3.17. The molecule has 1 aromatic rings. The lowest BCUT2D eigenvalue weighted by atomic mass is 9.88. The maximum absolute atomic E-state index is 11.7. The molecule has 3 N–H and O–H groups in total. The number of rotatable bonds is 6. The Kier molecular flexibility index (Phi) is 4.27. The van der Waals surface area contributed by atoms with Crippen LogP contribution in [-0.4, -0.2) is 28.6 Å². The summed E-state index contributed by atoms with van der Waals surface area (Å²) in [5.74, 6) is -0.356. The zero-order valence-corrected chi connectivity index (χ0v) is 12.4. The lowest BCUT2D eigenvalue weighted by Crippen LogP contribution is -2.42. The van der Waals surface area contributed by atoms with Gasteiger partial charge in [-0.1, -0.05) is 6.92 Å². The molecule has 0 saturated heterocycles. The monoisotopic (exact) mass is 297 g/mol. The lowest BCUT2D eigenvalue weighted by Gasteiger charge is -2.23. The number of nitrogens with zero attached hydrogens (tertiary/aromatic N) is 1. The van der Waals surface area contributed by atoms with Crippen molar-refractivity contribution in [1.29, 1.82) is 0 Å². The number of aliphatic carboxylic acids is 1. The third-order valence-corrected chi connectivity index (χ3v) is 4.45. The van der Waals surface area contributed by atoms with E-state index in [0.717, 1.165) is 5.69 Å². The number of hydrogen-bond donors (Lipinski definition) is 3. The van der Waals surface area contributed by atoms with Crippen molar-refractivity contribution in [1.82, 2.24) is 10.3 Å². The fourth-order valence-electron chi connectivity index (χ4n) is 1.68. The first kappa shape index (κ1) is 14.8. The third-order valence-electron chi connectivity index (χ3n) is 3.67. The summed E-state index contributed by atoms with van der Waals surface area (Å²) >= 11 is 1.39. The standard InChI is InChI=1S/C13H19N3O3S/c1-3-13(2,10(17)18)7-14-11(19)16-12-15-9(6-20-12)8-4-5-8/h6,8H,3-5,7H2,1-2H3,(H,17,18)(H2,14,15,16,19). The highest BCUT2D eigenvalue weighted by atomic mass is 32.1. The molecule has 1 aromatic heterocycles. The maximum atomic E-state index is 11.7. The highest BCUT2D eigenvalue weighted by Gasteiger charge is 2.31. The first-order valence-corrected chi connectivity index (χ1v) is 7.56. The number of aromatic nitrogens is 1. The van der Waals surface area contributed by atoms with Crippen LogP contribution in [0.2, 0.25) is 0 Å². The van der Waals surface area contributed by atoms with Gasteiger partial charge in [-0.05, 0) is 26.2 Å². The fourth-order valence-corrected chi connectivity index (χ4v) is 2.47. The van der Waals surface area contributed by atoms with E-state index in [4.69, 9.17) is 5.11 Å². The van der Waals surface area contributed by atoms with Gasteiger partial charge in [-0.3, -0.25) is 10.1 Å². The summed E-state index contributed by atoms with van der Waals surface area (Å²) < 4.78 is 0. The first-order valence-electron chi connectivity index (χ1n) is 6.68. The van der Waals surface area contributed by atoms with Crippen LogP contribution in [-0.2, 0) is 4.79 Å². The van der Waals surface area contributed by atoms with Crippen molar-refractivity contribution in [3.8, 4) is 0 Å². The summed E-state index contributed by atoms with van der Waals surface area (Å²) in [6, 6.07) is -0.414. The molecule has 1 fully saturated rings. The quantitative estimate of drug-likeness (QED) is 0.752. The first-order chi connectivity index (χ1) is 9.44. The van der Waals surface area contributed by atoms with Crippen molar-refractivity contribution < 1.29 is 14.7 Å². The Morgan fingerprint density at radius 3 is 2.80 bits per heavy atom. The highest BCUT2D eigenvalue weighted by molar-refractivity contribution is 7.13. The molecule has 20 heavy (non-hydrogen) atoms. The summed E-state index contributed by atoms with van der Waals surface area (Å²) in [6.45, 7) is 3.49. The van der Waals surface area contributed by atoms with Gasteiger partial charge in [0, 0.05) is 17.8 Å². The molecule has 2 amide bonds. The molecular formula is C13H19N3O3S. The summed E-state index contributed by atoms with van der Waals surface area (Å²) in [7, 11) is 0. The van der Waals surface area contributed by atoms with E-state index in [1.807, 2.05) is 5.38 Å². The van der Waals surface area contributed by atoms with Crippen LogP contribution in [0.15, 0.2) is 5.38 Å². The Labute approximate surface area is 121 Å². The lowest BCUT2D eigenvalue weighted by molar-refractivity contribution is -0.147. The molecule has 110 valence electrons. The van der Waals surface area contributed by atoms with Gasteiger partial charge in [-0.15, -0.1) is 11.3 Å². The number of urea groups is 1. The molecule has 1 heterocycles. The van der Waals surface area contributed by atoms with Gasteiger partial charge in [0.15, 0.2) is 5.13 Å². The van der Waals surface area contributed by atoms with Gasteiger partial charge in [0.25, 0.3) is 0 Å². The number of hydrogen-bond acceptors (Lipinski definition) is 4. The van der Waals surface area contributed by atoms with Crippen molar-refractivity contribution in [3.05, 3.63) is 11.1 Å². The Balaban J connectivity index is 1.83. The molecule has 0 aliphatic heterocycles. The van der Waals surface area contributed by atoms with Crippen LogP contribution in [0.25, 0.3) is 0 Å². The summed E-state index contributed by atoms with van der Waals surface area (Å²) in [5, 5.41) is 16.9. The van der Waals surface area contributed by atoms with E-state index in [1.54, 1.807) is 13.8 Å². The van der Waals surface area contributed by atoms with Gasteiger partial charge < -0.3 is 10.4 Å². The Hall–Kier alpha value is -1.63. The molecule has 0 aromatic carbocycles. The number of anilines is 1. The molecular weight excluding hydrogens is 278 g/mol. The van der Waals surface area contributed by atoms with Crippen LogP contribution < -0.4 is 10.6 Å². The normalized spacial score (nSPS) is 17.3. The summed E-state index contributed by atoms with van der Waals surface area (Å²) in [5.41, 5.74) is 0.0913. The Morgan fingerprint density at radius 1 is 1.55 bits per heavy atom. The minimum absolute atomic E-state index is 0.0888. The average molecular weight is 297 g/mol. The van der Waals surface area contributed by atoms with Crippen molar-refractivity contribution in [2.75, 3.05) is 11.9 Å². The van der Waals surface area contributed by atoms with E-state index in [2.05, 4.69) is 15.6 Å². The second-order valence-corrected chi connectivity index (χ2v) is 6.24. The number of nitrogens with one attached hydrogen (secondary N) is 2. The van der Waals surface area contributed by atoms with Gasteiger partial charge in [0.2, 0.25) is 0 Å². The summed E-state index contributed by atoms with van der Waals surface area (Å²) in [6.07, 6.45) is 2.79. The molecule has 0 spiro atoms. The number of amides is 2. The van der Waals surface area contributed by atoms with E-state index in [1.165, 1.54) is 24.2 Å². The van der Waals surface area contributed by atoms with Crippen LogP contribution in [0.3, 0.4) is 0 Å². The van der Waals surface area contributed by atoms with Crippen molar-refractivity contribution >= 4 is 28.5 Å². The maximum Gasteiger partial charge on any atom is 0.321 e. The van der Waals surface area contributed by atoms with Gasteiger partial charge >= 0.3 is 12.0 Å². The molecule has 1 aliphatic rings. The highest BCUT2D eigenvalue weighted by Crippen LogP contribution is 2.40. The predicted molar refractivity (Wildman–Crippen MR) is 77.1 cm³/mol. The Morgan fingerprint density at radius 2 is 2.25 bits per heavy atom. The van der Waals surface area contributed by atoms with Crippen molar-refractivity contribution in [2.45, 2.75) is 39.0 Å². The summed E-state index contributed by atoms with van der Waals surface area (Å²) in [4.78, 5) is 27.2. The van der Waals surface area contributed by atoms with E-state index < -0.39 is 17.4 Å². The number of carboxylic acids is 1. The number of thiazole rings is 1. The molecule has 1 atom stereocenters. The van der Waals surface area contributed by atoms with Gasteiger partial charge in [-0.2, -0.15) is 0 Å².